The van der Waals surface area contributed by atoms with E-state index in [-0.39, 0.29) is 0 Å². The van der Waals surface area contributed by atoms with Crippen molar-refractivity contribution in [2.24, 2.45) is 0 Å². The summed E-state index contributed by atoms with van der Waals surface area (Å²) in [4.78, 5) is 0. The third-order valence-corrected chi connectivity index (χ3v) is 4.05. The molecule has 0 atom stereocenters. The number of rotatable bonds is 4. The van der Waals surface area contributed by atoms with Gasteiger partial charge >= 0.3 is 0 Å². The standard InChI is InChI=1S/C16H16BrClN2S/c1-2-12-9-13(17)5-8-15(12)20-16(21)19-10-11-3-6-14(18)7-4-11/h3-9H,2,10H2,1H3,(H2,19,20,21). The van der Waals surface area contributed by atoms with Crippen LogP contribution in [0.3, 0.4) is 0 Å². The topological polar surface area (TPSA) is 24.1 Å². The van der Waals surface area contributed by atoms with Crippen molar-refractivity contribution < 1.29 is 0 Å². The normalized spacial score (nSPS) is 10.2. The highest BCUT2D eigenvalue weighted by Crippen LogP contribution is 2.21. The van der Waals surface area contributed by atoms with Crippen LogP contribution in [0.15, 0.2) is 46.9 Å². The Labute approximate surface area is 144 Å². The van der Waals surface area contributed by atoms with Gasteiger partial charge in [-0.05, 0) is 60.1 Å². The maximum atomic E-state index is 5.87. The molecule has 2 N–H and O–H groups in total. The molecular formula is C16H16BrClN2S. The predicted octanol–water partition coefficient (Wildman–Crippen LogP) is 5.15. The molecule has 2 aromatic rings. The van der Waals surface area contributed by atoms with E-state index in [2.05, 4.69) is 39.6 Å². The van der Waals surface area contributed by atoms with Gasteiger partial charge in [0.15, 0.2) is 5.11 Å². The van der Waals surface area contributed by atoms with E-state index in [1.54, 1.807) is 0 Å². The summed E-state index contributed by atoms with van der Waals surface area (Å²) < 4.78 is 1.07. The fourth-order valence-electron chi connectivity index (χ4n) is 1.93. The van der Waals surface area contributed by atoms with Crippen LogP contribution in [0.2, 0.25) is 5.02 Å². The molecule has 0 unspecified atom stereocenters. The fourth-order valence-corrected chi connectivity index (χ4v) is 2.64. The fraction of sp³-hybridized carbons (Fsp3) is 0.188. The van der Waals surface area contributed by atoms with Gasteiger partial charge in [0.05, 0.1) is 0 Å². The summed E-state index contributed by atoms with van der Waals surface area (Å²) in [6, 6.07) is 13.8. The number of anilines is 1. The molecule has 21 heavy (non-hydrogen) atoms. The van der Waals surface area contributed by atoms with E-state index in [1.165, 1.54) is 5.56 Å². The SMILES string of the molecule is CCc1cc(Br)ccc1NC(=S)NCc1ccc(Cl)cc1. The second-order valence-corrected chi connectivity index (χ2v) is 6.35. The van der Waals surface area contributed by atoms with Crippen LogP contribution in [0.1, 0.15) is 18.1 Å². The summed E-state index contributed by atoms with van der Waals surface area (Å²) in [7, 11) is 0. The molecule has 110 valence electrons. The van der Waals surface area contributed by atoms with Crippen molar-refractivity contribution in [3.63, 3.8) is 0 Å². The lowest BCUT2D eigenvalue weighted by atomic mass is 10.1. The first kappa shape index (κ1) is 16.3. The molecule has 0 saturated carbocycles. The highest BCUT2D eigenvalue weighted by molar-refractivity contribution is 9.10. The molecule has 0 aromatic heterocycles. The Hall–Kier alpha value is -1.10. The minimum Gasteiger partial charge on any atom is -0.358 e. The maximum absolute atomic E-state index is 5.87. The van der Waals surface area contributed by atoms with Gasteiger partial charge in [-0.3, -0.25) is 0 Å². The zero-order valence-electron chi connectivity index (χ0n) is 11.6. The summed E-state index contributed by atoms with van der Waals surface area (Å²) in [5.74, 6) is 0. The van der Waals surface area contributed by atoms with E-state index in [9.17, 15) is 0 Å². The third-order valence-electron chi connectivity index (χ3n) is 3.06. The lowest BCUT2D eigenvalue weighted by Gasteiger charge is -2.14. The van der Waals surface area contributed by atoms with E-state index < -0.39 is 0 Å². The highest BCUT2D eigenvalue weighted by atomic mass is 79.9. The number of benzene rings is 2. The number of hydrogen-bond acceptors (Lipinski definition) is 1. The van der Waals surface area contributed by atoms with E-state index >= 15 is 0 Å². The first-order valence-corrected chi connectivity index (χ1v) is 8.24. The van der Waals surface area contributed by atoms with Crippen molar-refractivity contribution in [1.82, 2.24) is 5.32 Å². The van der Waals surface area contributed by atoms with Crippen molar-refractivity contribution in [3.05, 3.63) is 63.1 Å². The monoisotopic (exact) mass is 382 g/mol. The van der Waals surface area contributed by atoms with E-state index in [1.807, 2.05) is 36.4 Å². The molecular weight excluding hydrogens is 368 g/mol. The van der Waals surface area contributed by atoms with Crippen molar-refractivity contribution in [1.29, 1.82) is 0 Å². The highest BCUT2D eigenvalue weighted by Gasteiger charge is 2.04. The van der Waals surface area contributed by atoms with E-state index in [0.717, 1.165) is 27.2 Å². The van der Waals surface area contributed by atoms with Crippen molar-refractivity contribution >= 4 is 50.5 Å². The summed E-state index contributed by atoms with van der Waals surface area (Å²) in [6.07, 6.45) is 0.946. The Morgan fingerprint density at radius 2 is 1.90 bits per heavy atom. The Morgan fingerprint density at radius 1 is 1.19 bits per heavy atom. The van der Waals surface area contributed by atoms with Crippen LogP contribution in [0.25, 0.3) is 0 Å². The molecule has 0 aliphatic carbocycles. The number of thiocarbonyl (C=S) groups is 1. The summed E-state index contributed by atoms with van der Waals surface area (Å²) in [5, 5.41) is 7.79. The molecule has 0 fully saturated rings. The maximum Gasteiger partial charge on any atom is 0.171 e. The van der Waals surface area contributed by atoms with Crippen LogP contribution in [0.4, 0.5) is 5.69 Å². The number of hydrogen-bond donors (Lipinski definition) is 2. The zero-order valence-corrected chi connectivity index (χ0v) is 14.8. The van der Waals surface area contributed by atoms with Gasteiger partial charge in [-0.15, -0.1) is 0 Å². The molecule has 0 bridgehead atoms. The molecule has 0 saturated heterocycles. The van der Waals surface area contributed by atoms with Gasteiger partial charge in [0, 0.05) is 21.7 Å². The Bertz CT molecular complexity index is 629. The van der Waals surface area contributed by atoms with Crippen LogP contribution < -0.4 is 10.6 Å². The molecule has 5 heteroatoms. The largest absolute Gasteiger partial charge is 0.358 e. The Morgan fingerprint density at radius 3 is 2.57 bits per heavy atom. The molecule has 0 spiro atoms. The molecule has 2 rings (SSSR count). The van der Waals surface area contributed by atoms with E-state index in [4.69, 9.17) is 23.8 Å². The second-order valence-electron chi connectivity index (χ2n) is 4.59. The molecule has 0 radical (unpaired) electrons. The Kier molecular flexibility index (Phi) is 6.03. The molecule has 0 aliphatic heterocycles. The van der Waals surface area contributed by atoms with Gasteiger partial charge < -0.3 is 10.6 Å². The van der Waals surface area contributed by atoms with Crippen LogP contribution >= 0.6 is 39.7 Å². The third kappa shape index (κ3) is 4.99. The van der Waals surface area contributed by atoms with Crippen molar-refractivity contribution in [3.8, 4) is 0 Å². The second kappa shape index (κ2) is 7.78. The molecule has 0 aliphatic rings. The number of halogens is 2. The minimum absolute atomic E-state index is 0.613. The van der Waals surface area contributed by atoms with Gasteiger partial charge in [0.25, 0.3) is 0 Å². The van der Waals surface area contributed by atoms with Crippen molar-refractivity contribution in [2.45, 2.75) is 19.9 Å². The van der Waals surface area contributed by atoms with Crippen LogP contribution in [0, 0.1) is 0 Å². The predicted molar refractivity (Wildman–Crippen MR) is 98.0 cm³/mol. The van der Waals surface area contributed by atoms with Crippen molar-refractivity contribution in [2.75, 3.05) is 5.32 Å². The first-order chi connectivity index (χ1) is 10.1. The minimum atomic E-state index is 0.613. The quantitative estimate of drug-likeness (QED) is 0.714. The molecule has 0 heterocycles. The van der Waals surface area contributed by atoms with Gasteiger partial charge in [-0.25, -0.2) is 0 Å². The molecule has 2 nitrogen and oxygen atoms in total. The summed E-state index contributed by atoms with van der Waals surface area (Å²) in [6.45, 7) is 2.79. The summed E-state index contributed by atoms with van der Waals surface area (Å²) in [5.41, 5.74) is 3.39. The smallest absolute Gasteiger partial charge is 0.171 e. The molecule has 0 amide bonds. The first-order valence-electron chi connectivity index (χ1n) is 6.66. The Balaban J connectivity index is 1.94. The number of aryl methyl sites for hydroxylation is 1. The van der Waals surface area contributed by atoms with Gasteiger partial charge in [0.2, 0.25) is 0 Å². The van der Waals surface area contributed by atoms with Gasteiger partial charge in [0.1, 0.15) is 0 Å². The van der Waals surface area contributed by atoms with Gasteiger partial charge in [-0.1, -0.05) is 46.6 Å². The zero-order chi connectivity index (χ0) is 15.2. The van der Waals surface area contributed by atoms with Crippen LogP contribution in [-0.2, 0) is 13.0 Å². The average Bonchev–Trinajstić information content (AvgIpc) is 2.48. The van der Waals surface area contributed by atoms with Crippen LogP contribution in [0.5, 0.6) is 0 Å². The molecule has 2 aromatic carbocycles. The summed E-state index contributed by atoms with van der Waals surface area (Å²) >= 11 is 14.7. The van der Waals surface area contributed by atoms with Gasteiger partial charge in [-0.2, -0.15) is 0 Å². The van der Waals surface area contributed by atoms with Crippen LogP contribution in [-0.4, -0.2) is 5.11 Å². The lowest BCUT2D eigenvalue weighted by molar-refractivity contribution is 0.925. The number of nitrogens with one attached hydrogen (secondary N) is 2. The lowest BCUT2D eigenvalue weighted by Crippen LogP contribution is -2.28. The van der Waals surface area contributed by atoms with E-state index in [0.29, 0.717) is 11.7 Å². The average molecular weight is 384 g/mol.